The van der Waals surface area contributed by atoms with E-state index in [0.29, 0.717) is 17.4 Å². The Morgan fingerprint density at radius 3 is 2.77 bits per heavy atom. The molecule has 1 fully saturated rings. The molecule has 0 saturated heterocycles. The van der Waals surface area contributed by atoms with Gasteiger partial charge in [0.05, 0.1) is 17.1 Å². The van der Waals surface area contributed by atoms with Gasteiger partial charge in [-0.2, -0.15) is 4.98 Å². The summed E-state index contributed by atoms with van der Waals surface area (Å²) >= 11 is 0. The zero-order chi connectivity index (χ0) is 17.5. The minimum Gasteiger partial charge on any atom is -0.334 e. The van der Waals surface area contributed by atoms with E-state index < -0.39 is 5.82 Å². The fraction of sp³-hybridized carbons (Fsp3) is 0.263. The maximum atomic E-state index is 13.9. The predicted octanol–water partition coefficient (Wildman–Crippen LogP) is 4.40. The van der Waals surface area contributed by atoms with Crippen molar-refractivity contribution in [3.8, 4) is 22.8 Å². The normalized spacial score (nSPS) is 15.1. The van der Waals surface area contributed by atoms with E-state index in [9.17, 15) is 4.39 Å². The third-order valence-corrected chi connectivity index (χ3v) is 4.93. The number of rotatable bonds is 3. The summed E-state index contributed by atoms with van der Waals surface area (Å²) in [6, 6.07) is 12.6. The van der Waals surface area contributed by atoms with Crippen molar-refractivity contribution in [3.63, 3.8) is 0 Å². The van der Waals surface area contributed by atoms with E-state index in [1.165, 1.54) is 18.9 Å². The van der Waals surface area contributed by atoms with Crippen molar-refractivity contribution < 1.29 is 8.91 Å². The summed E-state index contributed by atoms with van der Waals surface area (Å²) < 4.78 is 21.2. The second kappa shape index (κ2) is 6.01. The smallest absolute Gasteiger partial charge is 0.261 e. The number of halogens is 1. The summed E-state index contributed by atoms with van der Waals surface area (Å²) in [5.41, 5.74) is 2.87. The Bertz CT molecular complexity index is 1080. The zero-order valence-electron chi connectivity index (χ0n) is 14.0. The first kappa shape index (κ1) is 15.2. The van der Waals surface area contributed by atoms with Gasteiger partial charge in [0.15, 0.2) is 0 Å². The minimum atomic E-state index is -0.391. The van der Waals surface area contributed by atoms with Crippen LogP contribution >= 0.6 is 0 Å². The monoisotopic (exact) mass is 349 g/mol. The van der Waals surface area contributed by atoms with E-state index in [2.05, 4.69) is 20.5 Å². The first-order chi connectivity index (χ1) is 12.8. The van der Waals surface area contributed by atoms with Crippen LogP contribution in [0.3, 0.4) is 0 Å². The molecule has 0 N–H and O–H groups in total. The molecule has 0 bridgehead atoms. The van der Waals surface area contributed by atoms with E-state index in [-0.39, 0.29) is 5.89 Å². The molecule has 0 atom stereocenters. The van der Waals surface area contributed by atoms with Crippen LogP contribution in [-0.2, 0) is 0 Å². The van der Waals surface area contributed by atoms with Gasteiger partial charge in [0, 0.05) is 5.56 Å². The van der Waals surface area contributed by atoms with Gasteiger partial charge in [-0.15, -0.1) is 5.10 Å². The number of hydrogen-bond donors (Lipinski definition) is 0. The molecule has 5 rings (SSSR count). The summed E-state index contributed by atoms with van der Waals surface area (Å²) in [5, 5.41) is 12.6. The van der Waals surface area contributed by atoms with Crippen LogP contribution in [0.25, 0.3) is 33.9 Å². The summed E-state index contributed by atoms with van der Waals surface area (Å²) in [4.78, 5) is 4.33. The average molecular weight is 349 g/mol. The van der Waals surface area contributed by atoms with Crippen LogP contribution in [0.2, 0.25) is 0 Å². The van der Waals surface area contributed by atoms with Crippen molar-refractivity contribution in [3.05, 3.63) is 48.3 Å². The Kier molecular flexibility index (Phi) is 3.51. The van der Waals surface area contributed by atoms with Crippen molar-refractivity contribution >= 4 is 11.0 Å². The Labute approximate surface area is 148 Å². The summed E-state index contributed by atoms with van der Waals surface area (Å²) in [5.74, 6) is 0.172. The van der Waals surface area contributed by atoms with Gasteiger partial charge in [0.2, 0.25) is 5.82 Å². The molecule has 0 radical (unpaired) electrons. The topological polar surface area (TPSA) is 69.6 Å². The predicted molar refractivity (Wildman–Crippen MR) is 93.7 cm³/mol. The van der Waals surface area contributed by atoms with E-state index in [1.54, 1.807) is 18.2 Å². The first-order valence-corrected chi connectivity index (χ1v) is 8.73. The Hall–Kier alpha value is -3.09. The van der Waals surface area contributed by atoms with Crippen LogP contribution in [0.4, 0.5) is 4.39 Å². The van der Waals surface area contributed by atoms with E-state index >= 15 is 0 Å². The van der Waals surface area contributed by atoms with Crippen molar-refractivity contribution in [1.29, 1.82) is 0 Å². The second-order valence-corrected chi connectivity index (χ2v) is 6.58. The van der Waals surface area contributed by atoms with E-state index in [1.807, 2.05) is 22.9 Å². The van der Waals surface area contributed by atoms with Crippen molar-refractivity contribution in [2.45, 2.75) is 31.7 Å². The number of nitrogens with zero attached hydrogens (tertiary/aromatic N) is 5. The lowest BCUT2D eigenvalue weighted by Crippen LogP contribution is -2.06. The van der Waals surface area contributed by atoms with Gasteiger partial charge < -0.3 is 4.52 Å². The summed E-state index contributed by atoms with van der Waals surface area (Å²) in [6.07, 6.45) is 4.78. The molecule has 1 aliphatic rings. The van der Waals surface area contributed by atoms with Crippen LogP contribution < -0.4 is 0 Å². The maximum Gasteiger partial charge on any atom is 0.261 e. The molecule has 26 heavy (non-hydrogen) atoms. The summed E-state index contributed by atoms with van der Waals surface area (Å²) in [6.45, 7) is 0. The third-order valence-electron chi connectivity index (χ3n) is 4.93. The molecule has 2 aromatic heterocycles. The fourth-order valence-corrected chi connectivity index (χ4v) is 3.58. The lowest BCUT2D eigenvalue weighted by molar-refractivity contribution is 0.429. The molecule has 1 saturated carbocycles. The zero-order valence-corrected chi connectivity index (χ0v) is 14.0. The molecule has 0 aliphatic heterocycles. The Morgan fingerprint density at radius 2 is 1.92 bits per heavy atom. The maximum absolute atomic E-state index is 13.9. The molecule has 0 spiro atoms. The highest BCUT2D eigenvalue weighted by molar-refractivity contribution is 5.80. The molecule has 1 aliphatic carbocycles. The molecule has 6 nitrogen and oxygen atoms in total. The van der Waals surface area contributed by atoms with Crippen LogP contribution in [0.5, 0.6) is 0 Å². The average Bonchev–Trinajstić information content (AvgIpc) is 3.41. The number of hydrogen-bond acceptors (Lipinski definition) is 5. The highest BCUT2D eigenvalue weighted by Crippen LogP contribution is 2.32. The van der Waals surface area contributed by atoms with Gasteiger partial charge in [0.25, 0.3) is 5.89 Å². The number of aromatic nitrogens is 5. The van der Waals surface area contributed by atoms with E-state index in [4.69, 9.17) is 4.52 Å². The molecule has 0 unspecified atom stereocenters. The van der Waals surface area contributed by atoms with Crippen molar-refractivity contribution in [1.82, 2.24) is 25.1 Å². The first-order valence-electron chi connectivity index (χ1n) is 8.73. The highest BCUT2D eigenvalue weighted by Gasteiger charge is 2.21. The number of benzene rings is 2. The lowest BCUT2D eigenvalue weighted by Gasteiger charge is -2.09. The lowest BCUT2D eigenvalue weighted by atomic mass is 10.1. The third kappa shape index (κ3) is 2.47. The second-order valence-electron chi connectivity index (χ2n) is 6.58. The van der Waals surface area contributed by atoms with E-state index in [0.717, 1.165) is 29.4 Å². The standard InChI is InChI=1S/C19H16FN5O/c20-15-8-4-3-7-14(15)19-21-18(23-26-19)12-9-10-17-16(11-12)22-24-25(17)13-5-1-2-6-13/h3-4,7-11,13H,1-2,5-6H2. The van der Waals surface area contributed by atoms with Gasteiger partial charge in [0.1, 0.15) is 11.3 Å². The Morgan fingerprint density at radius 1 is 1.08 bits per heavy atom. The van der Waals surface area contributed by atoms with Crippen LogP contribution in [0.15, 0.2) is 47.0 Å². The van der Waals surface area contributed by atoms with Crippen LogP contribution in [0.1, 0.15) is 31.7 Å². The quantitative estimate of drug-likeness (QED) is 0.548. The fourth-order valence-electron chi connectivity index (χ4n) is 3.58. The summed E-state index contributed by atoms with van der Waals surface area (Å²) in [7, 11) is 0. The Balaban J connectivity index is 1.51. The molecule has 7 heteroatoms. The SMILES string of the molecule is Fc1ccccc1-c1nc(-c2ccc3c(c2)nnn3C2CCCC2)no1. The van der Waals surface area contributed by atoms with Crippen LogP contribution in [0, 0.1) is 5.82 Å². The van der Waals surface area contributed by atoms with Crippen molar-refractivity contribution in [2.24, 2.45) is 0 Å². The molecular weight excluding hydrogens is 333 g/mol. The number of fused-ring (bicyclic) bond motifs is 1. The van der Waals surface area contributed by atoms with Crippen LogP contribution in [-0.4, -0.2) is 25.1 Å². The molecule has 2 heterocycles. The van der Waals surface area contributed by atoms with Gasteiger partial charge in [-0.25, -0.2) is 9.07 Å². The molecule has 0 amide bonds. The molecule has 2 aromatic carbocycles. The van der Waals surface area contributed by atoms with Crippen molar-refractivity contribution in [2.75, 3.05) is 0 Å². The molecule has 130 valence electrons. The van der Waals surface area contributed by atoms with Gasteiger partial charge in [-0.3, -0.25) is 0 Å². The largest absolute Gasteiger partial charge is 0.334 e. The minimum absolute atomic E-state index is 0.160. The molecule has 4 aromatic rings. The van der Waals surface area contributed by atoms with Gasteiger partial charge in [-0.05, 0) is 43.2 Å². The van der Waals surface area contributed by atoms with Gasteiger partial charge in [-0.1, -0.05) is 35.3 Å². The highest BCUT2D eigenvalue weighted by atomic mass is 19.1. The van der Waals surface area contributed by atoms with Gasteiger partial charge >= 0.3 is 0 Å². The molecular formula is C19H16FN5O.